The van der Waals surface area contributed by atoms with E-state index in [1.54, 1.807) is 25.3 Å². The molecule has 1 N–H and O–H groups in total. The molecule has 1 atom stereocenters. The number of methoxy groups -OCH3 is 1. The average Bonchev–Trinajstić information content (AvgIpc) is 2.43. The third-order valence-electron chi connectivity index (χ3n) is 2.93. The van der Waals surface area contributed by atoms with Gasteiger partial charge in [-0.3, -0.25) is 0 Å². The molecule has 4 heteroatoms. The van der Waals surface area contributed by atoms with E-state index in [1.807, 2.05) is 0 Å². The number of hydrogen-bond acceptors (Lipinski definition) is 3. The summed E-state index contributed by atoms with van der Waals surface area (Å²) in [6, 6.07) is 5.35. The van der Waals surface area contributed by atoms with Gasteiger partial charge in [0.15, 0.2) is 0 Å². The average molecular weight is 278 g/mol. The van der Waals surface area contributed by atoms with E-state index in [4.69, 9.17) is 14.6 Å². The maximum Gasteiger partial charge on any atom is 0.328 e. The molecule has 0 aliphatic rings. The number of carbonyl (C=O) groups is 1. The predicted molar refractivity (Wildman–Crippen MR) is 79.2 cm³/mol. The SMILES string of the molecule is CCCC(C)COc1cc(OC)ccc1C=CC(=O)O. The zero-order valence-electron chi connectivity index (χ0n) is 12.3. The van der Waals surface area contributed by atoms with Gasteiger partial charge in [-0.05, 0) is 30.5 Å². The van der Waals surface area contributed by atoms with Crippen molar-refractivity contribution in [2.24, 2.45) is 5.92 Å². The van der Waals surface area contributed by atoms with Gasteiger partial charge in [-0.2, -0.15) is 0 Å². The minimum atomic E-state index is -0.980. The Morgan fingerprint density at radius 2 is 2.20 bits per heavy atom. The van der Waals surface area contributed by atoms with Gasteiger partial charge in [-0.25, -0.2) is 4.79 Å². The van der Waals surface area contributed by atoms with Crippen LogP contribution in [0.2, 0.25) is 0 Å². The van der Waals surface area contributed by atoms with Crippen LogP contribution < -0.4 is 9.47 Å². The highest BCUT2D eigenvalue weighted by Crippen LogP contribution is 2.26. The summed E-state index contributed by atoms with van der Waals surface area (Å²) in [7, 11) is 1.59. The second-order valence-corrected chi connectivity index (χ2v) is 4.78. The minimum Gasteiger partial charge on any atom is -0.497 e. The summed E-state index contributed by atoms with van der Waals surface area (Å²) in [5.74, 6) is 0.814. The summed E-state index contributed by atoms with van der Waals surface area (Å²) in [4.78, 5) is 10.6. The van der Waals surface area contributed by atoms with Crippen molar-refractivity contribution in [1.82, 2.24) is 0 Å². The molecule has 1 aromatic rings. The summed E-state index contributed by atoms with van der Waals surface area (Å²) in [5, 5.41) is 8.70. The van der Waals surface area contributed by atoms with Crippen LogP contribution >= 0.6 is 0 Å². The molecule has 110 valence electrons. The molecule has 20 heavy (non-hydrogen) atoms. The van der Waals surface area contributed by atoms with Crippen LogP contribution in [0.1, 0.15) is 32.3 Å². The van der Waals surface area contributed by atoms with Crippen molar-refractivity contribution in [3.63, 3.8) is 0 Å². The van der Waals surface area contributed by atoms with E-state index < -0.39 is 5.97 Å². The van der Waals surface area contributed by atoms with Crippen molar-refractivity contribution in [2.75, 3.05) is 13.7 Å². The van der Waals surface area contributed by atoms with Gasteiger partial charge in [0.2, 0.25) is 0 Å². The van der Waals surface area contributed by atoms with Crippen LogP contribution in [-0.4, -0.2) is 24.8 Å². The third kappa shape index (κ3) is 5.34. The van der Waals surface area contributed by atoms with E-state index in [1.165, 1.54) is 6.08 Å². The molecule has 4 nitrogen and oxygen atoms in total. The zero-order chi connectivity index (χ0) is 15.0. The lowest BCUT2D eigenvalue weighted by molar-refractivity contribution is -0.131. The molecule has 0 amide bonds. The smallest absolute Gasteiger partial charge is 0.328 e. The Morgan fingerprint density at radius 1 is 1.45 bits per heavy atom. The molecule has 0 saturated heterocycles. The first-order chi connectivity index (χ1) is 9.56. The van der Waals surface area contributed by atoms with E-state index in [2.05, 4.69) is 13.8 Å². The number of hydrogen-bond donors (Lipinski definition) is 1. The Labute approximate surface area is 120 Å². The topological polar surface area (TPSA) is 55.8 Å². The molecule has 0 bridgehead atoms. The Hall–Kier alpha value is -1.97. The van der Waals surface area contributed by atoms with Crippen molar-refractivity contribution >= 4 is 12.0 Å². The number of benzene rings is 1. The molecule has 0 aliphatic carbocycles. The molecule has 0 aliphatic heterocycles. The second kappa shape index (κ2) is 8.25. The van der Waals surface area contributed by atoms with Gasteiger partial charge in [0.05, 0.1) is 13.7 Å². The van der Waals surface area contributed by atoms with Crippen LogP contribution in [0.5, 0.6) is 11.5 Å². The van der Waals surface area contributed by atoms with E-state index >= 15 is 0 Å². The Morgan fingerprint density at radius 3 is 2.80 bits per heavy atom. The molecule has 0 radical (unpaired) electrons. The first-order valence-corrected chi connectivity index (χ1v) is 6.78. The number of aliphatic carboxylic acids is 1. The number of rotatable bonds is 8. The third-order valence-corrected chi connectivity index (χ3v) is 2.93. The van der Waals surface area contributed by atoms with Gasteiger partial charge in [0.25, 0.3) is 0 Å². The van der Waals surface area contributed by atoms with Crippen molar-refractivity contribution < 1.29 is 19.4 Å². The fourth-order valence-corrected chi connectivity index (χ4v) is 1.87. The van der Waals surface area contributed by atoms with Crippen LogP contribution in [0.25, 0.3) is 6.08 Å². The zero-order valence-corrected chi connectivity index (χ0v) is 12.3. The summed E-state index contributed by atoms with van der Waals surface area (Å²) >= 11 is 0. The molecule has 1 aromatic carbocycles. The monoisotopic (exact) mass is 278 g/mol. The van der Waals surface area contributed by atoms with Crippen molar-refractivity contribution in [2.45, 2.75) is 26.7 Å². The molecule has 0 spiro atoms. The fraction of sp³-hybridized carbons (Fsp3) is 0.438. The minimum absolute atomic E-state index is 0.461. The number of carboxylic acid groups (broad SMARTS) is 1. The largest absolute Gasteiger partial charge is 0.497 e. The molecule has 1 rings (SSSR count). The molecule has 0 fully saturated rings. The van der Waals surface area contributed by atoms with Gasteiger partial charge < -0.3 is 14.6 Å². The van der Waals surface area contributed by atoms with E-state index in [-0.39, 0.29) is 0 Å². The first-order valence-electron chi connectivity index (χ1n) is 6.78. The van der Waals surface area contributed by atoms with Crippen LogP contribution in [-0.2, 0) is 4.79 Å². The van der Waals surface area contributed by atoms with Crippen molar-refractivity contribution in [3.8, 4) is 11.5 Å². The summed E-state index contributed by atoms with van der Waals surface area (Å²) in [6.45, 7) is 4.88. The standard InChI is InChI=1S/C16H22O4/c1-4-5-12(2)11-20-15-10-14(19-3)8-6-13(15)7-9-16(17)18/h6-10,12H,4-5,11H2,1-3H3,(H,17,18). The van der Waals surface area contributed by atoms with Gasteiger partial charge >= 0.3 is 5.97 Å². The van der Waals surface area contributed by atoms with Gasteiger partial charge in [0, 0.05) is 17.7 Å². The highest BCUT2D eigenvalue weighted by molar-refractivity contribution is 5.86. The summed E-state index contributed by atoms with van der Waals surface area (Å²) in [6.07, 6.45) is 4.85. The van der Waals surface area contributed by atoms with Crippen LogP contribution in [0.4, 0.5) is 0 Å². The maximum atomic E-state index is 10.6. The Kier molecular flexibility index (Phi) is 6.64. The molecule has 0 heterocycles. The molecule has 0 aromatic heterocycles. The van der Waals surface area contributed by atoms with Crippen LogP contribution in [0.15, 0.2) is 24.3 Å². The highest BCUT2D eigenvalue weighted by atomic mass is 16.5. The number of ether oxygens (including phenoxy) is 2. The molecule has 1 unspecified atom stereocenters. The van der Waals surface area contributed by atoms with Crippen LogP contribution in [0.3, 0.4) is 0 Å². The van der Waals surface area contributed by atoms with E-state index in [0.29, 0.717) is 24.0 Å². The van der Waals surface area contributed by atoms with E-state index in [0.717, 1.165) is 24.5 Å². The van der Waals surface area contributed by atoms with Gasteiger partial charge in [0.1, 0.15) is 11.5 Å². The molecular formula is C16H22O4. The van der Waals surface area contributed by atoms with Crippen molar-refractivity contribution in [1.29, 1.82) is 0 Å². The normalized spacial score (nSPS) is 12.3. The van der Waals surface area contributed by atoms with Crippen molar-refractivity contribution in [3.05, 3.63) is 29.8 Å². The summed E-state index contributed by atoms with van der Waals surface area (Å²) < 4.78 is 11.0. The summed E-state index contributed by atoms with van der Waals surface area (Å²) in [5.41, 5.74) is 0.733. The fourth-order valence-electron chi connectivity index (χ4n) is 1.87. The lowest BCUT2D eigenvalue weighted by Gasteiger charge is -2.14. The van der Waals surface area contributed by atoms with E-state index in [9.17, 15) is 4.79 Å². The maximum absolute atomic E-state index is 10.6. The number of carboxylic acids is 1. The predicted octanol–water partition coefficient (Wildman–Crippen LogP) is 3.61. The Bertz CT molecular complexity index is 466. The molecular weight excluding hydrogens is 256 g/mol. The second-order valence-electron chi connectivity index (χ2n) is 4.78. The van der Waals surface area contributed by atoms with Gasteiger partial charge in [-0.15, -0.1) is 0 Å². The van der Waals surface area contributed by atoms with Crippen LogP contribution in [0, 0.1) is 5.92 Å². The quantitative estimate of drug-likeness (QED) is 0.738. The first kappa shape index (κ1) is 16.1. The highest BCUT2D eigenvalue weighted by Gasteiger charge is 2.07. The Balaban J connectivity index is 2.86. The molecule has 0 saturated carbocycles. The lowest BCUT2D eigenvalue weighted by atomic mass is 10.1. The lowest BCUT2D eigenvalue weighted by Crippen LogP contribution is -2.09. The van der Waals surface area contributed by atoms with Gasteiger partial charge in [-0.1, -0.05) is 20.3 Å².